The number of hydrogen-bond donors (Lipinski definition) is 3. The van der Waals surface area contributed by atoms with Crippen molar-refractivity contribution in [3.8, 4) is 0 Å². The van der Waals surface area contributed by atoms with Gasteiger partial charge in [0.25, 0.3) is 0 Å². The van der Waals surface area contributed by atoms with Gasteiger partial charge >= 0.3 is 12.1 Å². The Kier molecular flexibility index (Phi) is 5.78. The predicted molar refractivity (Wildman–Crippen MR) is 101 cm³/mol. The molecule has 0 saturated carbocycles. The largest absolute Gasteiger partial charge is 0.490 e. The zero-order valence-electron chi connectivity index (χ0n) is 13.7. The van der Waals surface area contributed by atoms with Crippen LogP contribution in [-0.4, -0.2) is 38.3 Å². The summed E-state index contributed by atoms with van der Waals surface area (Å²) in [6.07, 6.45) is -3.03. The summed E-state index contributed by atoms with van der Waals surface area (Å²) in [5.74, 6) is -1.65. The maximum Gasteiger partial charge on any atom is 0.490 e. The van der Waals surface area contributed by atoms with E-state index in [4.69, 9.17) is 15.6 Å². The Balaban J connectivity index is 0.000000298. The number of carboxylic acid groups (broad SMARTS) is 1. The van der Waals surface area contributed by atoms with Crippen LogP contribution in [0.3, 0.4) is 0 Å². The molecule has 0 aliphatic rings. The van der Waals surface area contributed by atoms with Gasteiger partial charge in [0.15, 0.2) is 0 Å². The van der Waals surface area contributed by atoms with Crippen molar-refractivity contribution >= 4 is 62.1 Å². The van der Waals surface area contributed by atoms with Gasteiger partial charge in [-0.15, -0.1) is 0 Å². The van der Waals surface area contributed by atoms with Gasteiger partial charge in [-0.1, -0.05) is 0 Å². The zero-order valence-corrected chi connectivity index (χ0v) is 15.9. The van der Waals surface area contributed by atoms with Gasteiger partial charge < -0.3 is 20.7 Å². The molecule has 140 valence electrons. The third-order valence-corrected chi connectivity index (χ3v) is 4.19. The molecule has 0 bridgehead atoms. The van der Waals surface area contributed by atoms with Crippen molar-refractivity contribution in [2.45, 2.75) is 13.1 Å². The first kappa shape index (κ1) is 20.0. The Labute approximate surface area is 159 Å². The summed E-state index contributed by atoms with van der Waals surface area (Å²) in [6.45, 7) is 2.84. The molecule has 0 radical (unpaired) electrons. The molecule has 4 N–H and O–H groups in total. The molecule has 3 aromatic rings. The Morgan fingerprint density at radius 2 is 2.04 bits per heavy atom. The number of aromatic nitrogens is 3. The number of carboxylic acids is 1. The maximum atomic E-state index is 10.6. The van der Waals surface area contributed by atoms with Gasteiger partial charge in [0.2, 0.25) is 5.95 Å². The molecule has 0 aliphatic carbocycles. The number of aryl methyl sites for hydroxylation is 1. The molecule has 2 aromatic heterocycles. The Hall–Kier alpha value is -2.31. The van der Waals surface area contributed by atoms with Crippen LogP contribution >= 0.6 is 22.6 Å². The number of nitrogens with one attached hydrogen (secondary N) is 1. The fraction of sp³-hybridized carbons (Fsp3) is 0.267. The number of nitrogen functional groups attached to an aromatic ring is 1. The monoisotopic (exact) mass is 481 g/mol. The lowest BCUT2D eigenvalue weighted by atomic mass is 10.1. The van der Waals surface area contributed by atoms with Crippen LogP contribution in [0.1, 0.15) is 6.92 Å². The molecule has 3 rings (SSSR count). The molecule has 0 amide bonds. The van der Waals surface area contributed by atoms with Gasteiger partial charge in [-0.05, 0) is 41.6 Å². The van der Waals surface area contributed by atoms with E-state index in [1.54, 1.807) is 0 Å². The first-order valence-corrected chi connectivity index (χ1v) is 8.38. The number of fused-ring (bicyclic) bond motifs is 3. The van der Waals surface area contributed by atoms with E-state index in [-0.39, 0.29) is 0 Å². The minimum absolute atomic E-state index is 0.300. The zero-order chi connectivity index (χ0) is 19.6. The van der Waals surface area contributed by atoms with Crippen LogP contribution in [0, 0.1) is 3.57 Å². The summed E-state index contributed by atoms with van der Waals surface area (Å²) in [7, 11) is 2.04. The van der Waals surface area contributed by atoms with Gasteiger partial charge in [-0.3, -0.25) is 0 Å². The molecular weight excluding hydrogens is 466 g/mol. The number of benzene rings is 1. The molecule has 11 heteroatoms. The summed E-state index contributed by atoms with van der Waals surface area (Å²) in [6, 6.07) is 4.15. The van der Waals surface area contributed by atoms with Crippen LogP contribution in [0.5, 0.6) is 0 Å². The van der Waals surface area contributed by atoms with E-state index < -0.39 is 12.1 Å². The molecule has 7 nitrogen and oxygen atoms in total. The fourth-order valence-electron chi connectivity index (χ4n) is 2.38. The minimum Gasteiger partial charge on any atom is -0.475 e. The van der Waals surface area contributed by atoms with E-state index in [2.05, 4.69) is 60.8 Å². The second-order valence-electron chi connectivity index (χ2n) is 5.21. The molecule has 0 fully saturated rings. The number of nitrogens with two attached hydrogens (primary N) is 1. The number of anilines is 2. The third kappa shape index (κ3) is 4.08. The molecule has 0 atom stereocenters. The first-order valence-electron chi connectivity index (χ1n) is 7.31. The number of aliphatic carboxylic acids is 1. The van der Waals surface area contributed by atoms with Crippen molar-refractivity contribution < 1.29 is 23.1 Å². The molecule has 1 aromatic carbocycles. The predicted octanol–water partition coefficient (Wildman–Crippen LogP) is 3.37. The molecule has 2 heterocycles. The smallest absolute Gasteiger partial charge is 0.475 e. The number of carbonyl (C=O) groups is 1. The molecule has 26 heavy (non-hydrogen) atoms. The van der Waals surface area contributed by atoms with E-state index >= 15 is 0 Å². The first-order chi connectivity index (χ1) is 12.1. The van der Waals surface area contributed by atoms with Gasteiger partial charge in [-0.25, -0.2) is 9.78 Å². The lowest BCUT2D eigenvalue weighted by Crippen LogP contribution is -2.21. The summed E-state index contributed by atoms with van der Waals surface area (Å²) in [5.41, 5.74) is 7.86. The fourth-order valence-corrected chi connectivity index (χ4v) is 3.34. The van der Waals surface area contributed by atoms with Crippen molar-refractivity contribution in [1.29, 1.82) is 0 Å². The summed E-state index contributed by atoms with van der Waals surface area (Å²) < 4.78 is 35.0. The SMILES string of the molecule is CCNc1nc(N)nc2cc(I)c3c(ccn3C)c12.O=C(O)C(F)(F)F. The van der Waals surface area contributed by atoms with Crippen molar-refractivity contribution in [3.05, 3.63) is 21.9 Å². The van der Waals surface area contributed by atoms with Gasteiger partial charge in [0.05, 0.1) is 16.4 Å². The molecule has 0 unspecified atom stereocenters. The highest BCUT2D eigenvalue weighted by Crippen LogP contribution is 2.33. The number of rotatable bonds is 2. The average Bonchev–Trinajstić information content (AvgIpc) is 2.89. The normalized spacial score (nSPS) is 11.3. The van der Waals surface area contributed by atoms with Crippen LogP contribution in [-0.2, 0) is 11.8 Å². The van der Waals surface area contributed by atoms with Gasteiger partial charge in [-0.2, -0.15) is 18.2 Å². The lowest BCUT2D eigenvalue weighted by molar-refractivity contribution is -0.192. The molecular formula is C15H15F3IN5O2. The Bertz CT molecular complexity index is 971. The number of hydrogen-bond acceptors (Lipinski definition) is 5. The van der Waals surface area contributed by atoms with Crippen LogP contribution < -0.4 is 11.1 Å². The van der Waals surface area contributed by atoms with Gasteiger partial charge in [0.1, 0.15) is 5.82 Å². The summed E-state index contributed by atoms with van der Waals surface area (Å²) in [4.78, 5) is 17.6. The van der Waals surface area contributed by atoms with Crippen molar-refractivity contribution in [2.75, 3.05) is 17.6 Å². The molecule has 0 aliphatic heterocycles. The van der Waals surface area contributed by atoms with Crippen LogP contribution in [0.25, 0.3) is 21.8 Å². The number of halogens is 4. The van der Waals surface area contributed by atoms with Crippen molar-refractivity contribution in [2.24, 2.45) is 7.05 Å². The van der Waals surface area contributed by atoms with Crippen molar-refractivity contribution in [1.82, 2.24) is 14.5 Å². The van der Waals surface area contributed by atoms with E-state index in [1.807, 2.05) is 14.0 Å². The van der Waals surface area contributed by atoms with Gasteiger partial charge in [0, 0.05) is 28.7 Å². The van der Waals surface area contributed by atoms with Crippen LogP contribution in [0.4, 0.5) is 24.9 Å². The van der Waals surface area contributed by atoms with Crippen LogP contribution in [0.15, 0.2) is 18.3 Å². The summed E-state index contributed by atoms with van der Waals surface area (Å²) >= 11 is 2.33. The highest BCUT2D eigenvalue weighted by atomic mass is 127. The van der Waals surface area contributed by atoms with E-state index in [1.165, 1.54) is 5.52 Å². The highest BCUT2D eigenvalue weighted by molar-refractivity contribution is 14.1. The third-order valence-electron chi connectivity index (χ3n) is 3.37. The van der Waals surface area contributed by atoms with E-state index in [0.717, 1.165) is 32.2 Å². The second kappa shape index (κ2) is 7.51. The Morgan fingerprint density at radius 1 is 1.42 bits per heavy atom. The van der Waals surface area contributed by atoms with E-state index in [0.29, 0.717) is 5.95 Å². The maximum absolute atomic E-state index is 10.6. The standard InChI is InChI=1S/C13H14IN5.C2HF3O2/c1-3-16-12-10-7-4-5-19(2)11(7)8(14)6-9(10)17-13(15)18-12;3-2(4,5)1(6)7/h4-6H,3H2,1-2H3,(H3,15,16,17,18);(H,6,7). The molecule has 0 saturated heterocycles. The Morgan fingerprint density at radius 3 is 2.58 bits per heavy atom. The number of alkyl halides is 3. The number of nitrogens with zero attached hydrogens (tertiary/aromatic N) is 3. The van der Waals surface area contributed by atoms with Crippen LogP contribution in [0.2, 0.25) is 0 Å². The second-order valence-corrected chi connectivity index (χ2v) is 6.37. The topological polar surface area (TPSA) is 106 Å². The average molecular weight is 481 g/mol. The quantitative estimate of drug-likeness (QED) is 0.485. The highest BCUT2D eigenvalue weighted by Gasteiger charge is 2.38. The minimum atomic E-state index is -5.08. The molecule has 0 spiro atoms. The lowest BCUT2D eigenvalue weighted by Gasteiger charge is -2.10. The van der Waals surface area contributed by atoms with Crippen molar-refractivity contribution in [3.63, 3.8) is 0 Å². The van der Waals surface area contributed by atoms with E-state index in [9.17, 15) is 13.2 Å². The summed E-state index contributed by atoms with van der Waals surface area (Å²) in [5, 5.41) is 12.6.